The van der Waals surface area contributed by atoms with E-state index < -0.39 is 5.97 Å². The molecule has 0 saturated carbocycles. The van der Waals surface area contributed by atoms with Gasteiger partial charge in [0, 0.05) is 35.9 Å². The Hall–Kier alpha value is -3.41. The fraction of sp³-hybridized carbons (Fsp3) is 0.261. The standard InChI is InChI=1S/C23H24N2O4/c1-16-13-21(22(26)15-29-23(27)19-5-4-11-24-14-19)17(2)25(16)12-10-18-6-8-20(28-3)9-7-18/h4-9,11,13-14H,10,12,15H2,1-3H3. The summed E-state index contributed by atoms with van der Waals surface area (Å²) in [7, 11) is 1.65. The number of ether oxygens (including phenoxy) is 2. The van der Waals surface area contributed by atoms with E-state index in [0.29, 0.717) is 11.1 Å². The highest BCUT2D eigenvalue weighted by Gasteiger charge is 2.18. The number of hydrogen-bond acceptors (Lipinski definition) is 5. The van der Waals surface area contributed by atoms with Crippen molar-refractivity contribution in [3.63, 3.8) is 0 Å². The number of esters is 1. The summed E-state index contributed by atoms with van der Waals surface area (Å²) in [4.78, 5) is 28.5. The van der Waals surface area contributed by atoms with Crippen LogP contribution in [-0.4, -0.2) is 35.0 Å². The van der Waals surface area contributed by atoms with Crippen LogP contribution in [0.3, 0.4) is 0 Å². The smallest absolute Gasteiger partial charge is 0.340 e. The molecule has 2 aromatic heterocycles. The molecule has 0 aliphatic heterocycles. The molecule has 0 spiro atoms. The van der Waals surface area contributed by atoms with Crippen molar-refractivity contribution in [3.05, 3.63) is 82.9 Å². The lowest BCUT2D eigenvalue weighted by Gasteiger charge is -2.10. The molecule has 1 aromatic carbocycles. The van der Waals surface area contributed by atoms with Gasteiger partial charge in [0.15, 0.2) is 6.61 Å². The third kappa shape index (κ3) is 4.90. The van der Waals surface area contributed by atoms with Crippen LogP contribution in [0.1, 0.15) is 37.7 Å². The largest absolute Gasteiger partial charge is 0.497 e. The highest BCUT2D eigenvalue weighted by Crippen LogP contribution is 2.18. The third-order valence-corrected chi connectivity index (χ3v) is 4.89. The number of nitrogens with zero attached hydrogens (tertiary/aromatic N) is 2. The fourth-order valence-corrected chi connectivity index (χ4v) is 3.24. The number of aromatic nitrogens is 2. The Bertz CT molecular complexity index is 992. The van der Waals surface area contributed by atoms with Crippen LogP contribution >= 0.6 is 0 Å². The minimum Gasteiger partial charge on any atom is -0.497 e. The third-order valence-electron chi connectivity index (χ3n) is 4.89. The van der Waals surface area contributed by atoms with Crippen molar-refractivity contribution in [2.75, 3.05) is 13.7 Å². The van der Waals surface area contributed by atoms with Gasteiger partial charge in [-0.25, -0.2) is 4.79 Å². The first-order chi connectivity index (χ1) is 14.0. The Balaban J connectivity index is 1.63. The van der Waals surface area contributed by atoms with Gasteiger partial charge in [-0.05, 0) is 56.2 Å². The number of hydrogen-bond donors (Lipinski definition) is 0. The van der Waals surface area contributed by atoms with Crippen molar-refractivity contribution in [2.45, 2.75) is 26.8 Å². The van der Waals surface area contributed by atoms with Crippen molar-refractivity contribution >= 4 is 11.8 Å². The maximum Gasteiger partial charge on any atom is 0.340 e. The number of carbonyl (C=O) groups excluding carboxylic acids is 2. The first-order valence-corrected chi connectivity index (χ1v) is 9.39. The lowest BCUT2D eigenvalue weighted by Crippen LogP contribution is -2.15. The zero-order chi connectivity index (χ0) is 20.8. The van der Waals surface area contributed by atoms with E-state index in [0.717, 1.165) is 30.1 Å². The number of pyridine rings is 1. The average molecular weight is 392 g/mol. The Labute approximate surface area is 170 Å². The monoisotopic (exact) mass is 392 g/mol. The van der Waals surface area contributed by atoms with Crippen molar-refractivity contribution in [2.24, 2.45) is 0 Å². The number of ketones is 1. The van der Waals surface area contributed by atoms with E-state index in [1.807, 2.05) is 44.2 Å². The van der Waals surface area contributed by atoms with Gasteiger partial charge in [0.25, 0.3) is 0 Å². The van der Waals surface area contributed by atoms with Crippen LogP contribution in [0.25, 0.3) is 0 Å². The fourth-order valence-electron chi connectivity index (χ4n) is 3.24. The zero-order valence-corrected chi connectivity index (χ0v) is 16.8. The van der Waals surface area contributed by atoms with E-state index in [2.05, 4.69) is 9.55 Å². The van der Waals surface area contributed by atoms with E-state index in [-0.39, 0.29) is 12.4 Å². The van der Waals surface area contributed by atoms with Gasteiger partial charge < -0.3 is 14.0 Å². The van der Waals surface area contributed by atoms with Crippen LogP contribution in [0.5, 0.6) is 5.75 Å². The number of methoxy groups -OCH3 is 1. The lowest BCUT2D eigenvalue weighted by atomic mass is 10.1. The topological polar surface area (TPSA) is 70.4 Å². The summed E-state index contributed by atoms with van der Waals surface area (Å²) in [5.74, 6) is 0.0570. The molecule has 0 fully saturated rings. The molecule has 6 heteroatoms. The first kappa shape index (κ1) is 20.3. The molecule has 0 saturated heterocycles. The molecular formula is C23H24N2O4. The summed E-state index contributed by atoms with van der Waals surface area (Å²) in [6.45, 7) is 4.35. The van der Waals surface area contributed by atoms with Crippen LogP contribution < -0.4 is 4.74 Å². The number of Topliss-reactive ketones (excluding diaryl/α,β-unsaturated/α-hetero) is 1. The molecule has 3 rings (SSSR count). The summed E-state index contributed by atoms with van der Waals surface area (Å²) < 4.78 is 12.4. The van der Waals surface area contributed by atoms with Gasteiger partial charge in [-0.3, -0.25) is 9.78 Å². The SMILES string of the molecule is COc1ccc(CCn2c(C)cc(C(=O)COC(=O)c3cccnc3)c2C)cc1. The molecule has 2 heterocycles. The maximum atomic E-state index is 12.6. The van der Waals surface area contributed by atoms with Crippen LogP contribution in [0, 0.1) is 13.8 Å². The second kappa shape index (κ2) is 9.19. The van der Waals surface area contributed by atoms with Gasteiger partial charge in [0.2, 0.25) is 5.78 Å². The van der Waals surface area contributed by atoms with Gasteiger partial charge in [-0.15, -0.1) is 0 Å². The van der Waals surface area contributed by atoms with Gasteiger partial charge in [0.1, 0.15) is 5.75 Å². The molecule has 0 N–H and O–H groups in total. The molecule has 0 bridgehead atoms. The Morgan fingerprint density at radius 2 is 1.86 bits per heavy atom. The van der Waals surface area contributed by atoms with E-state index in [1.165, 1.54) is 11.8 Å². The van der Waals surface area contributed by atoms with Crippen molar-refractivity contribution in [3.8, 4) is 5.75 Å². The van der Waals surface area contributed by atoms with Crippen molar-refractivity contribution in [1.29, 1.82) is 0 Å². The second-order valence-electron chi connectivity index (χ2n) is 6.78. The quantitative estimate of drug-likeness (QED) is 0.431. The lowest BCUT2D eigenvalue weighted by molar-refractivity contribution is 0.0474. The van der Waals surface area contributed by atoms with Gasteiger partial charge in [0.05, 0.1) is 12.7 Å². The Morgan fingerprint density at radius 3 is 2.52 bits per heavy atom. The number of rotatable bonds is 8. The molecule has 6 nitrogen and oxygen atoms in total. The molecule has 0 aliphatic rings. The summed E-state index contributed by atoms with van der Waals surface area (Å²) in [6.07, 6.45) is 3.82. The normalized spacial score (nSPS) is 10.6. The van der Waals surface area contributed by atoms with Gasteiger partial charge in [-0.2, -0.15) is 0 Å². The molecule has 3 aromatic rings. The highest BCUT2D eigenvalue weighted by molar-refractivity contribution is 6.00. The Kier molecular flexibility index (Phi) is 6.44. The molecule has 150 valence electrons. The summed E-state index contributed by atoms with van der Waals surface area (Å²) in [6, 6.07) is 13.1. The number of aryl methyl sites for hydroxylation is 2. The highest BCUT2D eigenvalue weighted by atomic mass is 16.5. The minimum atomic E-state index is -0.556. The summed E-state index contributed by atoms with van der Waals surface area (Å²) in [5, 5.41) is 0. The summed E-state index contributed by atoms with van der Waals surface area (Å²) in [5.41, 5.74) is 3.97. The number of benzene rings is 1. The average Bonchev–Trinajstić information content (AvgIpc) is 3.04. The number of carbonyl (C=O) groups is 2. The minimum absolute atomic E-state index is 0.217. The van der Waals surface area contributed by atoms with E-state index >= 15 is 0 Å². The first-order valence-electron chi connectivity index (χ1n) is 9.39. The van der Waals surface area contributed by atoms with E-state index in [9.17, 15) is 9.59 Å². The summed E-state index contributed by atoms with van der Waals surface area (Å²) >= 11 is 0. The predicted molar refractivity (Wildman–Crippen MR) is 109 cm³/mol. The molecule has 0 amide bonds. The van der Waals surface area contributed by atoms with Gasteiger partial charge >= 0.3 is 5.97 Å². The van der Waals surface area contributed by atoms with Crippen molar-refractivity contribution < 1.29 is 19.1 Å². The predicted octanol–water partition coefficient (Wildman–Crippen LogP) is 3.79. The second-order valence-corrected chi connectivity index (χ2v) is 6.78. The Morgan fingerprint density at radius 1 is 1.10 bits per heavy atom. The molecule has 0 radical (unpaired) electrons. The van der Waals surface area contributed by atoms with E-state index in [1.54, 1.807) is 25.4 Å². The molecular weight excluding hydrogens is 368 g/mol. The van der Waals surface area contributed by atoms with Crippen LogP contribution in [0.4, 0.5) is 0 Å². The van der Waals surface area contributed by atoms with E-state index in [4.69, 9.17) is 9.47 Å². The van der Waals surface area contributed by atoms with Crippen LogP contribution in [0.2, 0.25) is 0 Å². The molecule has 0 aliphatic carbocycles. The zero-order valence-electron chi connectivity index (χ0n) is 16.8. The van der Waals surface area contributed by atoms with Gasteiger partial charge in [-0.1, -0.05) is 12.1 Å². The molecule has 29 heavy (non-hydrogen) atoms. The maximum absolute atomic E-state index is 12.6. The van der Waals surface area contributed by atoms with Crippen LogP contribution in [-0.2, 0) is 17.7 Å². The molecule has 0 unspecified atom stereocenters. The molecule has 0 atom stereocenters. The van der Waals surface area contributed by atoms with Crippen LogP contribution in [0.15, 0.2) is 54.9 Å². The van der Waals surface area contributed by atoms with Crippen molar-refractivity contribution in [1.82, 2.24) is 9.55 Å².